The summed E-state index contributed by atoms with van der Waals surface area (Å²) in [6.07, 6.45) is 5.69. The Kier molecular flexibility index (Phi) is 7.19. The number of benzene rings is 2. The molecule has 1 aliphatic rings. The van der Waals surface area contributed by atoms with Gasteiger partial charge in [-0.1, -0.05) is 61.4 Å². The SMILES string of the molecule is O=C(CSc1nnc(COc2ccccc2F)n1-c1ccccc1)NC1CCCCC1. The van der Waals surface area contributed by atoms with Crippen molar-refractivity contribution in [3.05, 3.63) is 66.2 Å². The van der Waals surface area contributed by atoms with E-state index >= 15 is 0 Å². The van der Waals surface area contributed by atoms with Crippen molar-refractivity contribution in [2.24, 2.45) is 0 Å². The average molecular weight is 441 g/mol. The number of thioether (sulfide) groups is 1. The van der Waals surface area contributed by atoms with E-state index < -0.39 is 5.82 Å². The monoisotopic (exact) mass is 440 g/mol. The van der Waals surface area contributed by atoms with Crippen LogP contribution in [0.5, 0.6) is 5.75 Å². The van der Waals surface area contributed by atoms with E-state index in [9.17, 15) is 9.18 Å². The Balaban J connectivity index is 1.47. The number of para-hydroxylation sites is 2. The third-order valence-corrected chi connectivity index (χ3v) is 6.14. The molecule has 8 heteroatoms. The third-order valence-electron chi connectivity index (χ3n) is 5.21. The molecule has 1 fully saturated rings. The third kappa shape index (κ3) is 5.64. The summed E-state index contributed by atoms with van der Waals surface area (Å²) in [5.41, 5.74) is 0.856. The van der Waals surface area contributed by atoms with E-state index in [0.717, 1.165) is 18.5 Å². The largest absolute Gasteiger partial charge is 0.483 e. The van der Waals surface area contributed by atoms with E-state index in [2.05, 4.69) is 15.5 Å². The summed E-state index contributed by atoms with van der Waals surface area (Å²) in [4.78, 5) is 12.4. The number of nitrogens with one attached hydrogen (secondary N) is 1. The van der Waals surface area contributed by atoms with Gasteiger partial charge in [0.25, 0.3) is 0 Å². The van der Waals surface area contributed by atoms with Crippen molar-refractivity contribution >= 4 is 17.7 Å². The van der Waals surface area contributed by atoms with Gasteiger partial charge in [0.2, 0.25) is 5.91 Å². The van der Waals surface area contributed by atoms with Gasteiger partial charge in [-0.2, -0.15) is 0 Å². The van der Waals surface area contributed by atoms with Gasteiger partial charge in [0.1, 0.15) is 6.61 Å². The number of aromatic nitrogens is 3. The van der Waals surface area contributed by atoms with E-state index in [4.69, 9.17) is 4.74 Å². The number of nitrogens with zero attached hydrogens (tertiary/aromatic N) is 3. The number of hydrogen-bond acceptors (Lipinski definition) is 5. The summed E-state index contributed by atoms with van der Waals surface area (Å²) < 4.78 is 21.4. The molecular weight excluding hydrogens is 415 g/mol. The maximum absolute atomic E-state index is 13.9. The summed E-state index contributed by atoms with van der Waals surface area (Å²) in [5, 5.41) is 12.2. The number of hydrogen-bond donors (Lipinski definition) is 1. The highest BCUT2D eigenvalue weighted by Gasteiger charge is 2.19. The van der Waals surface area contributed by atoms with Crippen LogP contribution in [-0.4, -0.2) is 32.5 Å². The van der Waals surface area contributed by atoms with Crippen molar-refractivity contribution in [3.8, 4) is 11.4 Å². The number of halogens is 1. The van der Waals surface area contributed by atoms with Crippen molar-refractivity contribution in [2.75, 3.05) is 5.75 Å². The molecule has 1 aromatic heterocycles. The van der Waals surface area contributed by atoms with Crippen LogP contribution in [0.4, 0.5) is 4.39 Å². The van der Waals surface area contributed by atoms with Gasteiger partial charge in [0.15, 0.2) is 22.5 Å². The van der Waals surface area contributed by atoms with E-state index in [1.807, 2.05) is 34.9 Å². The van der Waals surface area contributed by atoms with Crippen molar-refractivity contribution < 1.29 is 13.9 Å². The Labute approximate surface area is 185 Å². The first-order valence-corrected chi connectivity index (χ1v) is 11.5. The standard InChI is InChI=1S/C23H25FN4O2S/c24-19-13-7-8-14-20(19)30-15-21-26-27-23(28(21)18-11-5-2-6-12-18)31-16-22(29)25-17-9-3-1-4-10-17/h2,5-8,11-14,17H,1,3-4,9-10,15-16H2,(H,25,29). The van der Waals surface area contributed by atoms with Gasteiger partial charge >= 0.3 is 0 Å². The molecule has 0 spiro atoms. The minimum absolute atomic E-state index is 0.00340. The molecule has 0 unspecified atom stereocenters. The summed E-state index contributed by atoms with van der Waals surface area (Å²) >= 11 is 1.33. The summed E-state index contributed by atoms with van der Waals surface area (Å²) in [7, 11) is 0. The maximum atomic E-state index is 13.9. The summed E-state index contributed by atoms with van der Waals surface area (Å²) in [6.45, 7) is 0.0532. The molecule has 1 amide bonds. The minimum atomic E-state index is -0.428. The fourth-order valence-corrected chi connectivity index (χ4v) is 4.46. The zero-order valence-corrected chi connectivity index (χ0v) is 18.0. The van der Waals surface area contributed by atoms with Crippen LogP contribution in [0.3, 0.4) is 0 Å². The molecule has 162 valence electrons. The van der Waals surface area contributed by atoms with Gasteiger partial charge in [0.05, 0.1) is 5.75 Å². The van der Waals surface area contributed by atoms with Gasteiger partial charge in [-0.25, -0.2) is 4.39 Å². The van der Waals surface area contributed by atoms with Gasteiger partial charge < -0.3 is 10.1 Å². The Morgan fingerprint density at radius 1 is 1.06 bits per heavy atom. The van der Waals surface area contributed by atoms with E-state index in [-0.39, 0.29) is 30.1 Å². The van der Waals surface area contributed by atoms with Crippen molar-refractivity contribution in [1.82, 2.24) is 20.1 Å². The van der Waals surface area contributed by atoms with Crippen LogP contribution in [0.1, 0.15) is 37.9 Å². The molecule has 3 aromatic rings. The number of ether oxygens (including phenoxy) is 1. The number of amides is 1. The molecular formula is C23H25FN4O2S. The molecule has 0 saturated heterocycles. The normalized spacial score (nSPS) is 14.4. The Hall–Kier alpha value is -2.87. The molecule has 1 aliphatic carbocycles. The predicted molar refractivity (Wildman–Crippen MR) is 118 cm³/mol. The quantitative estimate of drug-likeness (QED) is 0.522. The zero-order chi connectivity index (χ0) is 21.5. The predicted octanol–water partition coefficient (Wildman–Crippen LogP) is 4.53. The molecule has 31 heavy (non-hydrogen) atoms. The first kappa shape index (κ1) is 21.4. The number of rotatable bonds is 8. The van der Waals surface area contributed by atoms with Crippen LogP contribution in [0, 0.1) is 5.82 Å². The Bertz CT molecular complexity index is 1010. The molecule has 1 N–H and O–H groups in total. The van der Waals surface area contributed by atoms with Gasteiger partial charge in [-0.05, 0) is 37.1 Å². The van der Waals surface area contributed by atoms with Crippen molar-refractivity contribution in [3.63, 3.8) is 0 Å². The minimum Gasteiger partial charge on any atom is -0.483 e. The Morgan fingerprint density at radius 3 is 2.58 bits per heavy atom. The van der Waals surface area contributed by atoms with E-state index in [1.54, 1.807) is 18.2 Å². The highest BCUT2D eigenvalue weighted by Crippen LogP contribution is 2.24. The van der Waals surface area contributed by atoms with Crippen LogP contribution in [0.2, 0.25) is 0 Å². The molecule has 0 bridgehead atoms. The second kappa shape index (κ2) is 10.4. The van der Waals surface area contributed by atoms with Crippen LogP contribution in [0.15, 0.2) is 59.8 Å². The molecule has 1 heterocycles. The smallest absolute Gasteiger partial charge is 0.230 e. The zero-order valence-electron chi connectivity index (χ0n) is 17.2. The van der Waals surface area contributed by atoms with Crippen LogP contribution in [-0.2, 0) is 11.4 Å². The molecule has 6 nitrogen and oxygen atoms in total. The lowest BCUT2D eigenvalue weighted by molar-refractivity contribution is -0.119. The fourth-order valence-electron chi connectivity index (χ4n) is 3.67. The molecule has 0 aliphatic heterocycles. The summed E-state index contributed by atoms with van der Waals surface area (Å²) in [5.74, 6) is 0.525. The molecule has 0 atom stereocenters. The first-order valence-electron chi connectivity index (χ1n) is 10.5. The van der Waals surface area contributed by atoms with Crippen LogP contribution < -0.4 is 10.1 Å². The van der Waals surface area contributed by atoms with Gasteiger partial charge in [-0.15, -0.1) is 10.2 Å². The van der Waals surface area contributed by atoms with Crippen molar-refractivity contribution in [2.45, 2.75) is 49.9 Å². The fraction of sp³-hybridized carbons (Fsp3) is 0.348. The average Bonchev–Trinajstić information content (AvgIpc) is 3.21. The second-order valence-corrected chi connectivity index (χ2v) is 8.42. The highest BCUT2D eigenvalue weighted by molar-refractivity contribution is 7.99. The lowest BCUT2D eigenvalue weighted by Crippen LogP contribution is -2.37. The number of carbonyl (C=O) groups excluding carboxylic acids is 1. The topological polar surface area (TPSA) is 69.0 Å². The second-order valence-electron chi connectivity index (χ2n) is 7.48. The molecule has 4 rings (SSSR count). The number of carbonyl (C=O) groups is 1. The van der Waals surface area contributed by atoms with Crippen LogP contribution in [0.25, 0.3) is 5.69 Å². The van der Waals surface area contributed by atoms with Gasteiger partial charge in [0, 0.05) is 11.7 Å². The highest BCUT2D eigenvalue weighted by atomic mass is 32.2. The molecule has 0 radical (unpaired) electrons. The van der Waals surface area contributed by atoms with Crippen LogP contribution >= 0.6 is 11.8 Å². The first-order chi connectivity index (χ1) is 15.2. The lowest BCUT2D eigenvalue weighted by Gasteiger charge is -2.22. The Morgan fingerprint density at radius 2 is 1.81 bits per heavy atom. The van der Waals surface area contributed by atoms with Crippen molar-refractivity contribution in [1.29, 1.82) is 0 Å². The summed E-state index contributed by atoms with van der Waals surface area (Å²) in [6, 6.07) is 16.2. The van der Waals surface area contributed by atoms with Gasteiger partial charge in [-0.3, -0.25) is 9.36 Å². The maximum Gasteiger partial charge on any atom is 0.230 e. The molecule has 2 aromatic carbocycles. The molecule has 1 saturated carbocycles. The van der Waals surface area contributed by atoms with E-state index in [1.165, 1.54) is 37.1 Å². The van der Waals surface area contributed by atoms with E-state index in [0.29, 0.717) is 11.0 Å². The lowest BCUT2D eigenvalue weighted by atomic mass is 9.95.